The maximum absolute atomic E-state index is 12.6. The van der Waals surface area contributed by atoms with Crippen LogP contribution in [0.5, 0.6) is 17.6 Å². The average molecular weight is 782 g/mol. The maximum atomic E-state index is 12.6. The van der Waals surface area contributed by atoms with Crippen LogP contribution in [0, 0.1) is 0 Å². The molecule has 0 unspecified atom stereocenters. The van der Waals surface area contributed by atoms with Crippen molar-refractivity contribution < 1.29 is 38.0 Å². The lowest BCUT2D eigenvalue weighted by molar-refractivity contribution is -0.180. The van der Waals surface area contributed by atoms with Crippen molar-refractivity contribution in [2.45, 2.75) is 117 Å². The number of hydrogen-bond acceptors (Lipinski definition) is 10. The fraction of sp³-hybridized carbons (Fsp3) is 0.500. The maximum Gasteiger partial charge on any atom is 0.410 e. The summed E-state index contributed by atoms with van der Waals surface area (Å²) in [5.74, 6) is 0.662. The van der Waals surface area contributed by atoms with Gasteiger partial charge in [0.05, 0.1) is 38.5 Å². The van der Waals surface area contributed by atoms with Gasteiger partial charge in [-0.1, -0.05) is 55.3 Å². The van der Waals surface area contributed by atoms with Gasteiger partial charge in [-0.2, -0.15) is 4.98 Å². The van der Waals surface area contributed by atoms with Crippen LogP contribution in [0.3, 0.4) is 0 Å². The lowest BCUT2D eigenvalue weighted by atomic mass is 9.99. The van der Waals surface area contributed by atoms with Crippen molar-refractivity contribution in [2.24, 2.45) is 0 Å². The van der Waals surface area contributed by atoms with Crippen LogP contribution in [0.2, 0.25) is 0 Å². The molecule has 1 saturated heterocycles. The molecule has 0 saturated carbocycles. The van der Waals surface area contributed by atoms with E-state index in [1.54, 1.807) is 11.1 Å². The first-order chi connectivity index (χ1) is 27.1. The molecule has 1 atom stereocenters. The average Bonchev–Trinajstić information content (AvgIpc) is 3.52. The van der Waals surface area contributed by atoms with Crippen LogP contribution in [0.15, 0.2) is 72.9 Å². The van der Waals surface area contributed by atoms with Crippen molar-refractivity contribution in [3.63, 3.8) is 0 Å². The molecule has 0 aliphatic carbocycles. The van der Waals surface area contributed by atoms with Gasteiger partial charge in [-0.15, -0.1) is 0 Å². The van der Waals surface area contributed by atoms with Crippen LogP contribution >= 0.6 is 0 Å². The van der Waals surface area contributed by atoms with E-state index in [1.807, 2.05) is 85.7 Å². The van der Waals surface area contributed by atoms with Gasteiger partial charge in [-0.05, 0) is 106 Å². The highest BCUT2D eigenvalue weighted by Crippen LogP contribution is 2.36. The Morgan fingerprint density at radius 1 is 0.807 bits per heavy atom. The summed E-state index contributed by atoms with van der Waals surface area (Å²) in [5, 5.41) is 0. The van der Waals surface area contributed by atoms with Gasteiger partial charge in [0.2, 0.25) is 11.7 Å². The summed E-state index contributed by atoms with van der Waals surface area (Å²) in [7, 11) is 0. The number of ether oxygens (including phenoxy) is 7. The Hall–Kier alpha value is -4.71. The van der Waals surface area contributed by atoms with E-state index >= 15 is 0 Å². The molecule has 0 radical (unpaired) electrons. The summed E-state index contributed by atoms with van der Waals surface area (Å²) in [4.78, 5) is 23.5. The molecule has 11 heteroatoms. The molecule has 11 nitrogen and oxygen atoms in total. The molecule has 1 amide bonds. The first-order valence-corrected chi connectivity index (χ1v) is 20.1. The summed E-state index contributed by atoms with van der Waals surface area (Å²) in [6.45, 7) is 19.7. The van der Waals surface area contributed by atoms with E-state index in [-0.39, 0.29) is 18.2 Å². The van der Waals surface area contributed by atoms with Crippen molar-refractivity contribution in [1.82, 2.24) is 14.9 Å². The second kappa shape index (κ2) is 18.3. The van der Waals surface area contributed by atoms with E-state index in [1.165, 1.54) is 0 Å². The molecule has 4 aromatic rings. The molecule has 3 aromatic carbocycles. The standard InChI is InChI=1S/C46H59N3O8/c1-44(2,3)56-41-38(28-47-42(48-41)57-45(4,5)6)35-18-14-17-34(26-35)33-16-13-15-32(25-33)30-52-24-23-51-22-12-10-9-11-21-49-29-40(54-43(49)50)36-19-20-39-37(27-36)31-53-46(7,8)55-39/h13-20,25-28,40H,9-12,21-24,29-31H2,1-8H3/t40-/m0/s1. The van der Waals surface area contributed by atoms with Crippen LogP contribution in [0.25, 0.3) is 22.3 Å². The first kappa shape index (κ1) is 41.9. The molecular formula is C46H59N3O8. The molecule has 1 aromatic heterocycles. The predicted octanol–water partition coefficient (Wildman–Crippen LogP) is 10.1. The van der Waals surface area contributed by atoms with Gasteiger partial charge in [-0.25, -0.2) is 9.78 Å². The molecule has 6 rings (SSSR count). The van der Waals surface area contributed by atoms with Gasteiger partial charge in [0.25, 0.3) is 0 Å². The number of benzene rings is 3. The van der Waals surface area contributed by atoms with Gasteiger partial charge < -0.3 is 38.1 Å². The second-order valence-electron chi connectivity index (χ2n) is 17.1. The highest BCUT2D eigenvalue weighted by atomic mass is 16.7. The molecular weight excluding hydrogens is 723 g/mol. The largest absolute Gasteiger partial charge is 0.471 e. The van der Waals surface area contributed by atoms with Crippen LogP contribution in [-0.4, -0.2) is 70.9 Å². The van der Waals surface area contributed by atoms with Crippen LogP contribution in [-0.2, 0) is 32.2 Å². The number of fused-ring (bicyclic) bond motifs is 1. The van der Waals surface area contributed by atoms with E-state index in [9.17, 15) is 4.79 Å². The lowest BCUT2D eigenvalue weighted by Gasteiger charge is -2.32. The molecule has 2 aliphatic heterocycles. The normalized spacial score (nSPS) is 16.5. The monoisotopic (exact) mass is 781 g/mol. The van der Waals surface area contributed by atoms with E-state index < -0.39 is 17.0 Å². The molecule has 0 spiro atoms. The van der Waals surface area contributed by atoms with Crippen LogP contribution < -0.4 is 14.2 Å². The van der Waals surface area contributed by atoms with Gasteiger partial charge in [0.1, 0.15) is 23.1 Å². The fourth-order valence-corrected chi connectivity index (χ4v) is 6.64. The number of carbonyl (C=O) groups excluding carboxylic acids is 1. The van der Waals surface area contributed by atoms with E-state index in [2.05, 4.69) is 46.4 Å². The SMILES string of the molecule is CC(C)(C)Oc1ncc(-c2cccc(-c3cccc(COCCOCCCCCCN4C[C@@H](c5ccc6c(c5)COC(C)(C)O6)OC4=O)c3)c2)c(OC(C)(C)C)n1. The quantitative estimate of drug-likeness (QED) is 0.0960. The smallest absolute Gasteiger partial charge is 0.410 e. The first-order valence-electron chi connectivity index (χ1n) is 20.1. The minimum atomic E-state index is -0.638. The number of nitrogens with zero attached hydrogens (tertiary/aromatic N) is 3. The second-order valence-corrected chi connectivity index (χ2v) is 17.1. The Balaban J connectivity index is 0.882. The van der Waals surface area contributed by atoms with Crippen molar-refractivity contribution >= 4 is 6.09 Å². The minimum absolute atomic E-state index is 0.253. The van der Waals surface area contributed by atoms with Gasteiger partial charge in [-0.3, -0.25) is 0 Å². The zero-order valence-corrected chi connectivity index (χ0v) is 34.9. The highest BCUT2D eigenvalue weighted by Gasteiger charge is 2.34. The Bertz CT molecular complexity index is 1970. The number of cyclic esters (lactones) is 1. The predicted molar refractivity (Wildman–Crippen MR) is 219 cm³/mol. The van der Waals surface area contributed by atoms with Crippen LogP contribution in [0.4, 0.5) is 4.79 Å². The molecule has 2 aliphatic rings. The minimum Gasteiger partial charge on any atom is -0.471 e. The van der Waals surface area contributed by atoms with Gasteiger partial charge in [0.15, 0.2) is 0 Å². The topological polar surface area (TPSA) is 111 Å². The van der Waals surface area contributed by atoms with E-state index in [0.717, 1.165) is 70.4 Å². The summed E-state index contributed by atoms with van der Waals surface area (Å²) < 4.78 is 41.4. The lowest BCUT2D eigenvalue weighted by Crippen LogP contribution is -2.35. The molecule has 57 heavy (non-hydrogen) atoms. The molecule has 306 valence electrons. The summed E-state index contributed by atoms with van der Waals surface area (Å²) in [6.07, 6.45) is 5.20. The number of amides is 1. The summed E-state index contributed by atoms with van der Waals surface area (Å²) in [6, 6.07) is 22.9. The number of rotatable bonds is 17. The molecule has 3 heterocycles. The zero-order valence-electron chi connectivity index (χ0n) is 34.9. The van der Waals surface area contributed by atoms with Crippen molar-refractivity contribution in [3.05, 3.63) is 89.6 Å². The zero-order chi connectivity index (χ0) is 40.6. The summed E-state index contributed by atoms with van der Waals surface area (Å²) in [5.41, 5.74) is 6.06. The van der Waals surface area contributed by atoms with E-state index in [0.29, 0.717) is 52.0 Å². The van der Waals surface area contributed by atoms with Gasteiger partial charge >= 0.3 is 12.1 Å². The number of carbonyl (C=O) groups is 1. The Kier molecular flexibility index (Phi) is 13.4. The fourth-order valence-electron chi connectivity index (χ4n) is 6.64. The van der Waals surface area contributed by atoms with Crippen molar-refractivity contribution in [3.8, 4) is 39.9 Å². The Labute approximate surface area is 338 Å². The van der Waals surface area contributed by atoms with Crippen molar-refractivity contribution in [1.29, 1.82) is 0 Å². The Morgan fingerprint density at radius 3 is 2.32 bits per heavy atom. The highest BCUT2D eigenvalue weighted by molar-refractivity contribution is 5.75. The molecule has 0 N–H and O–H groups in total. The third-order valence-corrected chi connectivity index (χ3v) is 9.35. The summed E-state index contributed by atoms with van der Waals surface area (Å²) >= 11 is 0. The molecule has 0 bridgehead atoms. The molecule has 1 fully saturated rings. The number of aromatic nitrogens is 2. The van der Waals surface area contributed by atoms with Crippen LogP contribution in [0.1, 0.15) is 104 Å². The number of hydrogen-bond donors (Lipinski definition) is 0. The third kappa shape index (κ3) is 12.4. The Morgan fingerprint density at radius 2 is 1.53 bits per heavy atom. The van der Waals surface area contributed by atoms with Crippen molar-refractivity contribution in [2.75, 3.05) is 32.9 Å². The van der Waals surface area contributed by atoms with Gasteiger partial charge in [0, 0.05) is 38.8 Å². The third-order valence-electron chi connectivity index (χ3n) is 9.35. The number of unbranched alkanes of at least 4 members (excludes halogenated alkanes) is 3. The van der Waals surface area contributed by atoms with E-state index in [4.69, 9.17) is 33.2 Å².